The summed E-state index contributed by atoms with van der Waals surface area (Å²) < 4.78 is 0. The lowest BCUT2D eigenvalue weighted by molar-refractivity contribution is 1.02. The molecule has 0 aliphatic rings. The molecule has 8 N–H and O–H groups in total. The molecular weight excluding hydrogens is 1440 g/mol. The van der Waals surface area contributed by atoms with Crippen molar-refractivity contribution in [1.82, 2.24) is 69.8 Å². The number of nitriles is 3. The van der Waals surface area contributed by atoms with Gasteiger partial charge >= 0.3 is 0 Å². The van der Waals surface area contributed by atoms with Gasteiger partial charge in [-0.1, -0.05) is 69.6 Å². The highest BCUT2D eigenvalue weighted by Gasteiger charge is 2.14. The van der Waals surface area contributed by atoms with E-state index in [1.54, 1.807) is 91.8 Å². The minimum Gasteiger partial charge on any atom is -0.368 e. The summed E-state index contributed by atoms with van der Waals surface area (Å²) in [6.45, 7) is 12.9. The fourth-order valence-corrected chi connectivity index (χ4v) is 10.4. The van der Waals surface area contributed by atoms with Crippen LogP contribution in [-0.4, -0.2) is 122 Å². The molecule has 0 spiro atoms. The predicted octanol–water partition coefficient (Wildman–Crippen LogP) is 15.8. The van der Waals surface area contributed by atoms with E-state index in [1.807, 2.05) is 119 Å². The Bertz CT molecular complexity index is 4910. The van der Waals surface area contributed by atoms with E-state index in [4.69, 9.17) is 85.4 Å². The van der Waals surface area contributed by atoms with Crippen LogP contribution in [0.2, 0.25) is 30.1 Å². The van der Waals surface area contributed by atoms with Crippen LogP contribution in [0.5, 0.6) is 0 Å². The molecular formula is C73H65Cl6N25. The molecule has 0 bridgehead atoms. The highest BCUT2D eigenvalue weighted by molar-refractivity contribution is 6.37. The number of halogens is 6. The average molecular weight is 1510 g/mol. The molecule has 0 unspecified atom stereocenters. The van der Waals surface area contributed by atoms with Crippen molar-refractivity contribution < 1.29 is 0 Å². The van der Waals surface area contributed by atoms with Crippen molar-refractivity contribution in [3.8, 4) is 63.8 Å². The predicted molar refractivity (Wildman–Crippen MR) is 413 cm³/mol. The van der Waals surface area contributed by atoms with Crippen molar-refractivity contribution in [3.63, 3.8) is 0 Å². The minimum atomic E-state index is 0.281. The van der Waals surface area contributed by atoms with Gasteiger partial charge in [0.2, 0.25) is 0 Å². The summed E-state index contributed by atoms with van der Waals surface area (Å²) in [7, 11) is 0. The van der Waals surface area contributed by atoms with Crippen LogP contribution in [0.3, 0.4) is 0 Å². The van der Waals surface area contributed by atoms with Gasteiger partial charge in [-0.05, 0) is 137 Å². The molecule has 31 heteroatoms. The monoisotopic (exact) mass is 1500 g/mol. The van der Waals surface area contributed by atoms with E-state index >= 15 is 0 Å². The molecule has 8 aromatic heterocycles. The third kappa shape index (κ3) is 24.5. The Labute approximate surface area is 630 Å². The molecule has 0 atom stereocenters. The quantitative estimate of drug-likeness (QED) is 0.0261. The zero-order chi connectivity index (χ0) is 73.6. The van der Waals surface area contributed by atoms with Crippen LogP contribution in [0.25, 0.3) is 45.6 Å². The van der Waals surface area contributed by atoms with Gasteiger partial charge in [-0.3, -0.25) is 4.98 Å². The smallest absolute Gasteiger partial charge is 0.163 e. The van der Waals surface area contributed by atoms with Crippen molar-refractivity contribution in [2.24, 2.45) is 0 Å². The molecule has 0 amide bonds. The number of pyridine rings is 2. The first-order chi connectivity index (χ1) is 50.4. The fraction of sp³-hybridized carbons (Fsp3) is 0.164. The molecule has 12 rings (SSSR count). The number of aromatic nitrogens is 14. The molecule has 0 radical (unpaired) electrons. The topological polar surface area (TPSA) is 348 Å². The van der Waals surface area contributed by atoms with Crippen molar-refractivity contribution in [2.45, 2.75) is 27.7 Å². The van der Waals surface area contributed by atoms with E-state index < -0.39 is 0 Å². The summed E-state index contributed by atoms with van der Waals surface area (Å²) >= 11 is 36.3. The number of hydrogen-bond donors (Lipinski definition) is 8. The number of benzene rings is 4. The van der Waals surface area contributed by atoms with Crippen LogP contribution < -0.4 is 42.5 Å². The Morgan fingerprint density at radius 2 is 0.731 bits per heavy atom. The van der Waals surface area contributed by atoms with Gasteiger partial charge in [0.1, 0.15) is 64.8 Å². The Morgan fingerprint density at radius 1 is 0.317 bits per heavy atom. The molecule has 524 valence electrons. The second-order valence-corrected chi connectivity index (χ2v) is 24.7. The molecule has 25 nitrogen and oxygen atoms in total. The van der Waals surface area contributed by atoms with Gasteiger partial charge in [-0.25, -0.2) is 64.8 Å². The average Bonchev–Trinajstić information content (AvgIpc) is 0.836. The molecule has 0 saturated carbocycles. The summed E-state index contributed by atoms with van der Waals surface area (Å²) in [6.07, 6.45) is 12.8. The Balaban J connectivity index is 0.000000161. The zero-order valence-electron chi connectivity index (χ0n) is 56.3. The summed E-state index contributed by atoms with van der Waals surface area (Å²) in [5.41, 5.74) is 8.18. The molecule has 0 aliphatic heterocycles. The van der Waals surface area contributed by atoms with Gasteiger partial charge in [-0.2, -0.15) is 15.8 Å². The molecule has 0 saturated heterocycles. The van der Waals surface area contributed by atoms with E-state index in [-0.39, 0.29) is 5.69 Å². The lowest BCUT2D eigenvalue weighted by atomic mass is 10.2. The number of hydrogen-bond acceptors (Lipinski definition) is 25. The summed E-state index contributed by atoms with van der Waals surface area (Å²) in [5, 5.41) is 55.6. The van der Waals surface area contributed by atoms with E-state index in [0.29, 0.717) is 129 Å². The van der Waals surface area contributed by atoms with E-state index in [9.17, 15) is 0 Å². The summed E-state index contributed by atoms with van der Waals surface area (Å²) in [6, 6.07) is 44.1. The van der Waals surface area contributed by atoms with Crippen LogP contribution in [-0.2, 0) is 0 Å². The van der Waals surface area contributed by atoms with Crippen molar-refractivity contribution in [2.75, 3.05) is 94.9 Å². The number of nitrogens with one attached hydrogen (secondary N) is 8. The third-order valence-corrected chi connectivity index (χ3v) is 15.7. The second-order valence-electron chi connectivity index (χ2n) is 22.1. The van der Waals surface area contributed by atoms with Gasteiger partial charge in [0.15, 0.2) is 29.0 Å². The molecule has 12 aromatic rings. The fourth-order valence-electron chi connectivity index (χ4n) is 9.16. The molecule has 4 aromatic carbocycles. The van der Waals surface area contributed by atoms with Crippen molar-refractivity contribution in [1.29, 1.82) is 15.8 Å². The normalized spacial score (nSPS) is 10.3. The van der Waals surface area contributed by atoms with E-state index in [2.05, 4.69) is 112 Å². The van der Waals surface area contributed by atoms with E-state index in [1.165, 1.54) is 12.4 Å². The highest BCUT2D eigenvalue weighted by Crippen LogP contribution is 2.31. The van der Waals surface area contributed by atoms with Crippen LogP contribution in [0.1, 0.15) is 39.5 Å². The first kappa shape index (κ1) is 76.4. The molecule has 104 heavy (non-hydrogen) atoms. The Morgan fingerprint density at radius 3 is 1.14 bits per heavy atom. The molecule has 0 aliphatic carbocycles. The Kier molecular flexibility index (Phi) is 29.0. The van der Waals surface area contributed by atoms with E-state index in [0.717, 1.165) is 79.8 Å². The molecule has 8 heterocycles. The maximum absolute atomic E-state index is 8.77. The maximum Gasteiger partial charge on any atom is 0.163 e. The minimum absolute atomic E-state index is 0.281. The first-order valence-corrected chi connectivity index (χ1v) is 34.2. The van der Waals surface area contributed by atoms with Gasteiger partial charge in [0, 0.05) is 167 Å². The maximum atomic E-state index is 8.77. The van der Waals surface area contributed by atoms with Crippen LogP contribution >= 0.6 is 69.6 Å². The number of rotatable bonds is 24. The van der Waals surface area contributed by atoms with Crippen molar-refractivity contribution in [3.05, 3.63) is 247 Å². The summed E-state index contributed by atoms with van der Waals surface area (Å²) in [4.78, 5) is 60.5. The SMILES string of the molecule is Cc1cc(NCCNc2ccc(C#N)cn2)nc(-c2ccc(Cl)cc2)n1.Cc1cc(NCCNc2cnc(C#N)cn2)nc(-c2ccc(Cl)cc2Cl)n1.Cc1cc(NCCNc2cnccn2)nc(-c2ccc(Cl)cc2Cl)n1.Cc1cnc(-c2ccc(Cl)cc2)nc1NCCNc1ccc(C#N)cn1. The van der Waals surface area contributed by atoms with Crippen LogP contribution in [0.15, 0.2) is 177 Å². The van der Waals surface area contributed by atoms with Gasteiger partial charge in [0.25, 0.3) is 0 Å². The highest BCUT2D eigenvalue weighted by atomic mass is 35.5. The van der Waals surface area contributed by atoms with Crippen LogP contribution in [0.4, 0.5) is 46.5 Å². The lowest BCUT2D eigenvalue weighted by Crippen LogP contribution is -2.16. The van der Waals surface area contributed by atoms with Crippen LogP contribution in [0, 0.1) is 61.7 Å². The third-order valence-electron chi connectivity index (χ3n) is 14.1. The second kappa shape index (κ2) is 39.5. The van der Waals surface area contributed by atoms with Gasteiger partial charge in [0.05, 0.1) is 39.8 Å². The zero-order valence-corrected chi connectivity index (χ0v) is 60.8. The number of anilines is 8. The van der Waals surface area contributed by atoms with Gasteiger partial charge < -0.3 is 42.5 Å². The number of nitrogens with zero attached hydrogens (tertiary/aromatic N) is 17. The molecule has 0 fully saturated rings. The standard InChI is InChI=1S/2C19H17ClN6.C18H15Cl2N7.C17H16Cl2N6/c1-13-11-25-19(15-3-5-16(20)6-4-15)26-18(13)23-9-8-22-17-7-2-14(10-21)12-24-17;1-13-10-18(26-19(25-13)15-3-5-16(20)6-4-15)23-9-8-22-17-7-2-14(11-21)12-24-17;1-11-6-16(22-4-5-23-17-10-24-13(8-21)9-25-17)27-18(26-11)14-3-2-12(19)7-15(14)20;1-11-8-15(21-6-7-23-16-10-20-4-5-22-16)25-17(24-11)13-3-2-12(18)9-14(13)19/h2-7,11-12H,8-9H2,1H3,(H,22,24)(H,23,25,26);2-7,10,12H,8-9H2,1H3,(H,22,24)(H,23,25,26);2-3,6-7,9-10H,4-5H2,1H3,(H,23,25)(H,22,26,27);2-5,8-10H,6-7H2,1H3,(H,22,23)(H,21,24,25). The first-order valence-electron chi connectivity index (χ1n) is 31.9. The lowest BCUT2D eigenvalue weighted by Gasteiger charge is -2.11. The largest absolute Gasteiger partial charge is 0.368 e. The van der Waals surface area contributed by atoms with Gasteiger partial charge in [-0.15, -0.1) is 0 Å². The summed E-state index contributed by atoms with van der Waals surface area (Å²) in [5.74, 6) is 8.17. The van der Waals surface area contributed by atoms with Crippen molar-refractivity contribution >= 4 is 116 Å². The number of aryl methyl sites for hydroxylation is 4. The Hall–Kier alpha value is -11.7.